The van der Waals surface area contributed by atoms with E-state index in [4.69, 9.17) is 4.74 Å². The summed E-state index contributed by atoms with van der Waals surface area (Å²) >= 11 is 0. The average Bonchev–Trinajstić information content (AvgIpc) is 3.44. The summed E-state index contributed by atoms with van der Waals surface area (Å²) in [6.45, 7) is 0. The van der Waals surface area contributed by atoms with E-state index in [0.717, 1.165) is 5.69 Å². The van der Waals surface area contributed by atoms with Gasteiger partial charge in [-0.25, -0.2) is 14.5 Å². The number of ether oxygens (including phenoxy) is 1. The van der Waals surface area contributed by atoms with Gasteiger partial charge < -0.3 is 4.74 Å². The lowest BCUT2D eigenvalue weighted by atomic mass is 10.1. The van der Waals surface area contributed by atoms with Gasteiger partial charge >= 0.3 is 5.97 Å². The van der Waals surface area contributed by atoms with Crippen molar-refractivity contribution in [2.24, 2.45) is 4.99 Å². The second-order valence-corrected chi connectivity index (χ2v) is 7.22. The van der Waals surface area contributed by atoms with E-state index in [1.54, 1.807) is 29.1 Å². The third-order valence-corrected chi connectivity index (χ3v) is 5.05. The topological polar surface area (TPSA) is 99.6 Å². The van der Waals surface area contributed by atoms with Gasteiger partial charge in [-0.1, -0.05) is 36.4 Å². The van der Waals surface area contributed by atoms with Crippen molar-refractivity contribution in [2.45, 2.75) is 0 Å². The molecule has 0 fully saturated rings. The minimum atomic E-state index is -0.559. The van der Waals surface area contributed by atoms with Crippen LogP contribution in [0.3, 0.4) is 0 Å². The molecule has 0 saturated carbocycles. The molecule has 8 heteroatoms. The molecule has 0 radical (unpaired) electrons. The van der Waals surface area contributed by atoms with Crippen molar-refractivity contribution < 1.29 is 14.5 Å². The molecule has 3 aromatic carbocycles. The van der Waals surface area contributed by atoms with E-state index in [1.165, 1.54) is 12.1 Å². The first-order valence-electron chi connectivity index (χ1n) is 10.1. The van der Waals surface area contributed by atoms with Crippen LogP contribution in [0.15, 0.2) is 102 Å². The zero-order chi connectivity index (χ0) is 22.8. The summed E-state index contributed by atoms with van der Waals surface area (Å²) in [5, 5.41) is 15.7. The minimum Gasteiger partial charge on any atom is -0.402 e. The lowest BCUT2D eigenvalue weighted by molar-refractivity contribution is -0.384. The number of cyclic esters (lactones) is 1. The predicted molar refractivity (Wildman–Crippen MR) is 123 cm³/mol. The lowest BCUT2D eigenvalue weighted by Gasteiger charge is -2.00. The van der Waals surface area contributed by atoms with Gasteiger partial charge in [-0.2, -0.15) is 5.10 Å². The molecular formula is C25H16N4O4. The predicted octanol–water partition coefficient (Wildman–Crippen LogP) is 4.79. The third-order valence-electron chi connectivity index (χ3n) is 5.05. The van der Waals surface area contributed by atoms with Gasteiger partial charge in [0.2, 0.25) is 5.90 Å². The van der Waals surface area contributed by atoms with Gasteiger partial charge in [0.15, 0.2) is 5.70 Å². The van der Waals surface area contributed by atoms with Gasteiger partial charge in [0.1, 0.15) is 5.69 Å². The van der Waals surface area contributed by atoms with E-state index in [0.29, 0.717) is 22.4 Å². The van der Waals surface area contributed by atoms with Crippen LogP contribution in [0.5, 0.6) is 0 Å². The van der Waals surface area contributed by atoms with Crippen LogP contribution < -0.4 is 0 Å². The Hall–Kier alpha value is -4.85. The lowest BCUT2D eigenvalue weighted by Crippen LogP contribution is -2.04. The van der Waals surface area contributed by atoms with Crippen LogP contribution in [-0.4, -0.2) is 26.6 Å². The van der Waals surface area contributed by atoms with Crippen LogP contribution in [0.1, 0.15) is 11.1 Å². The van der Waals surface area contributed by atoms with Gasteiger partial charge in [0.05, 0.1) is 10.6 Å². The molecule has 33 heavy (non-hydrogen) atoms. The van der Waals surface area contributed by atoms with Gasteiger partial charge in [0, 0.05) is 35.0 Å². The largest absolute Gasteiger partial charge is 0.402 e. The highest BCUT2D eigenvalue weighted by molar-refractivity contribution is 6.13. The summed E-state index contributed by atoms with van der Waals surface area (Å²) < 4.78 is 7.04. The Morgan fingerprint density at radius 1 is 0.879 bits per heavy atom. The molecule has 0 N–H and O–H groups in total. The maximum absolute atomic E-state index is 12.5. The van der Waals surface area contributed by atoms with E-state index in [-0.39, 0.29) is 17.3 Å². The van der Waals surface area contributed by atoms with E-state index < -0.39 is 10.9 Å². The maximum atomic E-state index is 12.5. The van der Waals surface area contributed by atoms with Crippen LogP contribution in [0, 0.1) is 10.1 Å². The Bertz CT molecular complexity index is 1410. The molecule has 0 atom stereocenters. The number of hydrogen-bond acceptors (Lipinski definition) is 6. The molecule has 0 unspecified atom stereocenters. The molecule has 160 valence electrons. The average molecular weight is 436 g/mol. The van der Waals surface area contributed by atoms with Crippen LogP contribution in [-0.2, 0) is 9.53 Å². The molecule has 0 aliphatic carbocycles. The zero-order valence-electron chi connectivity index (χ0n) is 17.2. The highest BCUT2D eigenvalue weighted by Crippen LogP contribution is 2.29. The number of non-ortho nitro benzene ring substituents is 1. The molecule has 4 aromatic rings. The molecule has 1 aromatic heterocycles. The van der Waals surface area contributed by atoms with Crippen LogP contribution in [0.25, 0.3) is 23.0 Å². The van der Waals surface area contributed by atoms with Crippen molar-refractivity contribution in [3.8, 4) is 16.9 Å². The number of nitro benzene ring substituents is 1. The molecule has 1 aliphatic rings. The summed E-state index contributed by atoms with van der Waals surface area (Å²) in [7, 11) is 0. The minimum absolute atomic E-state index is 0.0161. The van der Waals surface area contributed by atoms with Crippen molar-refractivity contribution in [1.29, 1.82) is 0 Å². The number of carbonyl (C=O) groups excluding carboxylic acids is 1. The normalized spacial score (nSPS) is 14.2. The number of aliphatic imine (C=N–C) groups is 1. The summed E-state index contributed by atoms with van der Waals surface area (Å²) in [5.41, 5.74) is 3.50. The summed E-state index contributed by atoms with van der Waals surface area (Å²) in [6.07, 6.45) is 3.39. The Morgan fingerprint density at radius 2 is 1.55 bits per heavy atom. The Balaban J connectivity index is 1.60. The van der Waals surface area contributed by atoms with Crippen LogP contribution in [0.2, 0.25) is 0 Å². The molecule has 1 aliphatic heterocycles. The quantitative estimate of drug-likeness (QED) is 0.194. The van der Waals surface area contributed by atoms with E-state index in [1.807, 2.05) is 60.7 Å². The summed E-state index contributed by atoms with van der Waals surface area (Å²) in [6, 6.07) is 24.8. The Labute approximate surface area is 188 Å². The van der Waals surface area contributed by atoms with Gasteiger partial charge in [-0.15, -0.1) is 0 Å². The van der Waals surface area contributed by atoms with Crippen LogP contribution in [0.4, 0.5) is 5.69 Å². The molecule has 8 nitrogen and oxygen atoms in total. The van der Waals surface area contributed by atoms with Gasteiger partial charge in [0.25, 0.3) is 5.69 Å². The third kappa shape index (κ3) is 4.05. The first kappa shape index (κ1) is 20.1. The second kappa shape index (κ2) is 8.35. The second-order valence-electron chi connectivity index (χ2n) is 7.22. The number of aromatic nitrogens is 2. The van der Waals surface area contributed by atoms with Crippen molar-refractivity contribution in [3.63, 3.8) is 0 Å². The van der Waals surface area contributed by atoms with Crippen molar-refractivity contribution in [1.82, 2.24) is 9.78 Å². The van der Waals surface area contributed by atoms with Gasteiger partial charge in [-0.3, -0.25) is 10.1 Å². The standard InChI is InChI=1S/C25H16N4O4/c30-25-22(26-24(33-25)18-7-3-1-4-8-18)15-19-16-28(20-9-5-2-6-10-20)27-23(19)17-11-13-21(14-12-17)29(31)32/h1-16H/b22-15-. The number of benzene rings is 3. The number of para-hydroxylation sites is 1. The number of carbonyl (C=O) groups is 1. The fourth-order valence-corrected chi connectivity index (χ4v) is 3.43. The smallest absolute Gasteiger partial charge is 0.363 e. The fourth-order valence-electron chi connectivity index (χ4n) is 3.43. The molecule has 5 rings (SSSR count). The summed E-state index contributed by atoms with van der Waals surface area (Å²) in [4.78, 5) is 27.4. The SMILES string of the molecule is O=C1OC(c2ccccc2)=N/C1=C\c1cn(-c2ccccc2)nc1-c1ccc([N+](=O)[O-])cc1. The number of nitrogens with zero attached hydrogens (tertiary/aromatic N) is 4. The molecule has 2 heterocycles. The fraction of sp³-hybridized carbons (Fsp3) is 0. The number of hydrogen-bond donors (Lipinski definition) is 0. The highest BCUT2D eigenvalue weighted by atomic mass is 16.6. The van der Waals surface area contributed by atoms with E-state index in [9.17, 15) is 14.9 Å². The molecule has 0 bridgehead atoms. The van der Waals surface area contributed by atoms with Crippen molar-refractivity contribution in [3.05, 3.63) is 118 Å². The van der Waals surface area contributed by atoms with Crippen LogP contribution >= 0.6 is 0 Å². The highest BCUT2D eigenvalue weighted by Gasteiger charge is 2.25. The van der Waals surface area contributed by atoms with E-state index >= 15 is 0 Å². The van der Waals surface area contributed by atoms with Crippen molar-refractivity contribution in [2.75, 3.05) is 0 Å². The van der Waals surface area contributed by atoms with Crippen molar-refractivity contribution >= 4 is 23.6 Å². The number of esters is 1. The number of nitro groups is 1. The molecule has 0 saturated heterocycles. The number of rotatable bonds is 5. The van der Waals surface area contributed by atoms with Gasteiger partial charge in [-0.05, 0) is 42.5 Å². The summed E-state index contributed by atoms with van der Waals surface area (Å²) in [5.74, 6) is -0.324. The van der Waals surface area contributed by atoms with E-state index in [2.05, 4.69) is 10.1 Å². The Morgan fingerprint density at radius 3 is 2.21 bits per heavy atom. The zero-order valence-corrected chi connectivity index (χ0v) is 17.2. The Kier molecular flexibility index (Phi) is 5.08. The molecular weight excluding hydrogens is 420 g/mol. The maximum Gasteiger partial charge on any atom is 0.363 e. The first-order valence-corrected chi connectivity index (χ1v) is 10.1. The molecule has 0 spiro atoms. The first-order chi connectivity index (χ1) is 16.1. The monoisotopic (exact) mass is 436 g/mol. The molecule has 0 amide bonds.